The van der Waals surface area contributed by atoms with Crippen molar-refractivity contribution in [2.75, 3.05) is 68.5 Å². The topological polar surface area (TPSA) is 107 Å². The van der Waals surface area contributed by atoms with E-state index < -0.39 is 0 Å². The minimum Gasteiger partial charge on any atom is -0.364 e. The van der Waals surface area contributed by atoms with Gasteiger partial charge in [-0.1, -0.05) is 6.92 Å². The van der Waals surface area contributed by atoms with Crippen LogP contribution in [0.4, 0.5) is 17.3 Å². The minimum atomic E-state index is 0.0486. The van der Waals surface area contributed by atoms with Crippen LogP contribution in [-0.4, -0.2) is 121 Å². The van der Waals surface area contributed by atoms with Crippen molar-refractivity contribution >= 4 is 46.5 Å². The molecular weight excluding hydrogens is 528 g/mol. The molecule has 6 heterocycles. The molecule has 0 radical (unpaired) electrons. The number of rotatable bonds is 8. The van der Waals surface area contributed by atoms with Gasteiger partial charge in [0.25, 0.3) is 0 Å². The Hall–Kier alpha value is -3.32. The molecule has 3 saturated heterocycles. The van der Waals surface area contributed by atoms with Crippen LogP contribution in [0.25, 0.3) is 5.65 Å². The van der Waals surface area contributed by atoms with Gasteiger partial charge in [-0.05, 0) is 38.3 Å². The number of likely N-dealkylation sites (N-methyl/N-ethyl adjacent to an activating group) is 1. The highest BCUT2D eigenvalue weighted by atomic mass is 32.2. The highest BCUT2D eigenvalue weighted by molar-refractivity contribution is 7.98. The quantitative estimate of drug-likeness (QED) is 0.435. The lowest BCUT2D eigenvalue weighted by molar-refractivity contribution is -0.137. The van der Waals surface area contributed by atoms with Gasteiger partial charge in [0, 0.05) is 75.4 Å². The molecule has 0 spiro atoms. The maximum absolute atomic E-state index is 13.2. The molecule has 0 aliphatic carbocycles. The Morgan fingerprint density at radius 2 is 1.90 bits per heavy atom. The second-order valence-corrected chi connectivity index (χ2v) is 12.1. The molecule has 2 amide bonds. The third-order valence-electron chi connectivity index (χ3n) is 8.30. The van der Waals surface area contributed by atoms with E-state index in [2.05, 4.69) is 49.6 Å². The van der Waals surface area contributed by atoms with Gasteiger partial charge in [0.2, 0.25) is 17.8 Å². The molecule has 13 heteroatoms. The fourth-order valence-corrected chi connectivity index (χ4v) is 6.81. The van der Waals surface area contributed by atoms with E-state index in [1.165, 1.54) is 0 Å². The summed E-state index contributed by atoms with van der Waals surface area (Å²) in [5, 5.41) is 12.3. The summed E-state index contributed by atoms with van der Waals surface area (Å²) in [7, 11) is 2.07. The van der Waals surface area contributed by atoms with Crippen molar-refractivity contribution < 1.29 is 9.59 Å². The smallest absolute Gasteiger partial charge is 0.247 e. The number of carbonyl (C=O) groups excluding carboxylic acids is 2. The predicted molar refractivity (Wildman–Crippen MR) is 156 cm³/mol. The van der Waals surface area contributed by atoms with Gasteiger partial charge in [-0.2, -0.15) is 21.8 Å². The third kappa shape index (κ3) is 5.36. The Balaban J connectivity index is 1.12. The van der Waals surface area contributed by atoms with E-state index in [1.54, 1.807) is 27.2 Å². The number of anilines is 3. The number of carbonyl (C=O) groups is 2. The van der Waals surface area contributed by atoms with E-state index in [0.29, 0.717) is 11.9 Å². The number of aromatic nitrogens is 5. The van der Waals surface area contributed by atoms with E-state index in [1.807, 2.05) is 30.3 Å². The molecular formula is C27H38N10O2S. The Kier molecular flexibility index (Phi) is 7.58. The zero-order valence-corrected chi connectivity index (χ0v) is 24.3. The number of nitrogens with one attached hydrogen (secondary N) is 1. The molecule has 0 saturated carbocycles. The normalized spacial score (nSPS) is 22.2. The van der Waals surface area contributed by atoms with Gasteiger partial charge >= 0.3 is 0 Å². The van der Waals surface area contributed by atoms with Crippen LogP contribution in [0.15, 0.2) is 30.7 Å². The summed E-state index contributed by atoms with van der Waals surface area (Å²) in [6, 6.07) is 4.54. The minimum absolute atomic E-state index is 0.0486. The van der Waals surface area contributed by atoms with Crippen molar-refractivity contribution in [3.8, 4) is 0 Å². The van der Waals surface area contributed by atoms with Gasteiger partial charge in [-0.15, -0.1) is 5.10 Å². The van der Waals surface area contributed by atoms with Gasteiger partial charge in [0.1, 0.15) is 6.54 Å². The maximum atomic E-state index is 13.2. The predicted octanol–water partition coefficient (Wildman–Crippen LogP) is 1.62. The van der Waals surface area contributed by atoms with Crippen LogP contribution in [0.2, 0.25) is 0 Å². The van der Waals surface area contributed by atoms with E-state index in [9.17, 15) is 9.59 Å². The highest BCUT2D eigenvalue weighted by Crippen LogP contribution is 2.35. The molecule has 3 aliphatic rings. The van der Waals surface area contributed by atoms with Crippen LogP contribution < -0.4 is 10.2 Å². The second kappa shape index (κ2) is 11.3. The van der Waals surface area contributed by atoms with Crippen molar-refractivity contribution in [3.63, 3.8) is 0 Å². The fraction of sp³-hybridized carbons (Fsp3) is 0.593. The summed E-state index contributed by atoms with van der Waals surface area (Å²) in [6.45, 7) is 7.15. The molecule has 214 valence electrons. The number of amides is 2. The van der Waals surface area contributed by atoms with Crippen molar-refractivity contribution in [2.45, 2.75) is 38.4 Å². The first kappa shape index (κ1) is 26.9. The maximum Gasteiger partial charge on any atom is 0.247 e. The van der Waals surface area contributed by atoms with Crippen LogP contribution >= 0.6 is 11.8 Å². The molecule has 40 heavy (non-hydrogen) atoms. The molecule has 2 bridgehead atoms. The third-order valence-corrected chi connectivity index (χ3v) is 9.13. The molecule has 0 aromatic carbocycles. The molecule has 3 aromatic rings. The zero-order valence-electron chi connectivity index (χ0n) is 23.4. The first-order valence-electron chi connectivity index (χ1n) is 14.1. The van der Waals surface area contributed by atoms with E-state index in [0.717, 1.165) is 74.9 Å². The van der Waals surface area contributed by atoms with Gasteiger partial charge in [0.05, 0.1) is 17.6 Å². The number of nitrogens with zero attached hydrogens (tertiary/aromatic N) is 9. The number of piperazine rings is 2. The summed E-state index contributed by atoms with van der Waals surface area (Å²) in [4.78, 5) is 39.3. The highest BCUT2D eigenvalue weighted by Gasteiger charge is 2.44. The zero-order chi connectivity index (χ0) is 27.8. The number of thioether (sulfide) groups is 1. The summed E-state index contributed by atoms with van der Waals surface area (Å²) in [6.07, 6.45) is 9.54. The number of fused-ring (bicyclic) bond motifs is 3. The fourth-order valence-electron chi connectivity index (χ4n) is 6.17. The molecule has 6 rings (SSSR count). The number of hydrogen-bond acceptors (Lipinski definition) is 9. The summed E-state index contributed by atoms with van der Waals surface area (Å²) < 4.78 is 3.44. The summed E-state index contributed by atoms with van der Waals surface area (Å²) >= 11 is 1.73. The lowest BCUT2D eigenvalue weighted by atomic mass is 10.1. The first-order valence-corrected chi connectivity index (χ1v) is 15.5. The largest absolute Gasteiger partial charge is 0.364 e. The monoisotopic (exact) mass is 566 g/mol. The van der Waals surface area contributed by atoms with Gasteiger partial charge in [0.15, 0.2) is 5.65 Å². The average Bonchev–Trinajstić information content (AvgIpc) is 3.63. The Bertz CT molecular complexity index is 1350. The number of pyridine rings is 1. The van der Waals surface area contributed by atoms with E-state index in [-0.39, 0.29) is 30.5 Å². The SMILES string of the molecule is CSCC(C)C(=O)N1C2CCC1CN(c1cccn3nc(Nc4cnn(CC(=O)N5CCN(C)CC5)c4)nc13)C2. The van der Waals surface area contributed by atoms with Crippen molar-refractivity contribution in [3.05, 3.63) is 30.7 Å². The average molecular weight is 567 g/mol. The molecule has 3 aromatic heterocycles. The van der Waals surface area contributed by atoms with Crippen molar-refractivity contribution in [1.82, 2.24) is 39.1 Å². The summed E-state index contributed by atoms with van der Waals surface area (Å²) in [5.74, 6) is 1.75. The second-order valence-electron chi connectivity index (χ2n) is 11.2. The van der Waals surface area contributed by atoms with E-state index in [4.69, 9.17) is 4.98 Å². The van der Waals surface area contributed by atoms with Crippen LogP contribution in [0, 0.1) is 5.92 Å². The lowest BCUT2D eigenvalue weighted by Crippen LogP contribution is -2.57. The van der Waals surface area contributed by atoms with Crippen LogP contribution in [0.5, 0.6) is 0 Å². The first-order chi connectivity index (χ1) is 19.4. The van der Waals surface area contributed by atoms with Gasteiger partial charge in [-0.3, -0.25) is 14.3 Å². The summed E-state index contributed by atoms with van der Waals surface area (Å²) in [5.41, 5.74) is 2.53. The molecule has 3 unspecified atom stereocenters. The lowest BCUT2D eigenvalue weighted by Gasteiger charge is -2.43. The van der Waals surface area contributed by atoms with Crippen LogP contribution in [0.3, 0.4) is 0 Å². The van der Waals surface area contributed by atoms with Gasteiger partial charge in [-0.25, -0.2) is 4.52 Å². The Morgan fingerprint density at radius 3 is 2.62 bits per heavy atom. The Labute approximate surface area is 238 Å². The van der Waals surface area contributed by atoms with Gasteiger partial charge < -0.3 is 24.9 Å². The molecule has 1 N–H and O–H groups in total. The molecule has 3 aliphatic heterocycles. The standard InChI is InChI=1S/C27H38N10O2S/c1-19(18-40-3)26(39)37-21-6-7-22(37)16-34(15-21)23-5-4-8-36-25(23)30-27(31-36)29-20-13-28-35(14-20)17-24(38)33-11-9-32(2)10-12-33/h4-5,8,13-14,19,21-22H,6-7,9-12,15-18H2,1-3H3,(H,29,31). The molecule has 12 nitrogen and oxygen atoms in total. The molecule has 3 atom stereocenters. The van der Waals surface area contributed by atoms with Crippen molar-refractivity contribution in [1.29, 1.82) is 0 Å². The van der Waals surface area contributed by atoms with Crippen LogP contribution in [-0.2, 0) is 16.1 Å². The van der Waals surface area contributed by atoms with Crippen LogP contribution in [0.1, 0.15) is 19.8 Å². The number of hydrogen-bond donors (Lipinski definition) is 1. The Morgan fingerprint density at radius 1 is 1.15 bits per heavy atom. The van der Waals surface area contributed by atoms with Crippen molar-refractivity contribution in [2.24, 2.45) is 5.92 Å². The van der Waals surface area contributed by atoms with E-state index >= 15 is 0 Å². The molecule has 3 fully saturated rings.